The predicted octanol–water partition coefficient (Wildman–Crippen LogP) is 1.64. The van der Waals surface area contributed by atoms with Crippen LogP contribution >= 0.6 is 0 Å². The maximum Gasteiger partial charge on any atom is 0.292 e. The lowest BCUT2D eigenvalue weighted by atomic mass is 10.1. The Labute approximate surface area is 124 Å². The molecule has 0 aliphatic heterocycles. The Morgan fingerprint density at radius 1 is 1.48 bits per heavy atom. The van der Waals surface area contributed by atoms with Crippen LogP contribution in [0.15, 0.2) is 18.2 Å². The highest BCUT2D eigenvalue weighted by Crippen LogP contribution is 2.21. The monoisotopic (exact) mass is 294 g/mol. The Bertz CT molecular complexity index is 517. The number of anilines is 1. The largest absolute Gasteiger partial charge is 0.393 e. The third-order valence-corrected chi connectivity index (χ3v) is 3.34. The van der Waals surface area contributed by atoms with Crippen molar-refractivity contribution < 1.29 is 9.72 Å². The summed E-state index contributed by atoms with van der Waals surface area (Å²) < 4.78 is 0. The van der Waals surface area contributed by atoms with E-state index in [0.29, 0.717) is 18.2 Å². The molecule has 0 heterocycles. The number of hydrogen-bond acceptors (Lipinski definition) is 5. The fourth-order valence-corrected chi connectivity index (χ4v) is 1.75. The summed E-state index contributed by atoms with van der Waals surface area (Å²) in [6, 6.07) is 4.45. The molecule has 1 amide bonds. The van der Waals surface area contributed by atoms with Gasteiger partial charge in [0, 0.05) is 24.2 Å². The molecule has 1 aromatic rings. The highest BCUT2D eigenvalue weighted by Gasteiger charge is 2.14. The van der Waals surface area contributed by atoms with Crippen LogP contribution in [-0.2, 0) is 0 Å². The molecule has 116 valence electrons. The molecule has 0 aliphatic rings. The van der Waals surface area contributed by atoms with Gasteiger partial charge in [-0.15, -0.1) is 0 Å². The van der Waals surface area contributed by atoms with E-state index >= 15 is 0 Å². The molecule has 0 aromatic heterocycles. The molecule has 21 heavy (non-hydrogen) atoms. The normalized spacial score (nSPS) is 10.9. The van der Waals surface area contributed by atoms with Crippen LogP contribution in [0.3, 0.4) is 0 Å². The summed E-state index contributed by atoms with van der Waals surface area (Å²) in [4.78, 5) is 24.2. The van der Waals surface area contributed by atoms with Crippen LogP contribution in [0.4, 0.5) is 11.4 Å². The van der Waals surface area contributed by atoms with Gasteiger partial charge in [0.05, 0.1) is 4.92 Å². The zero-order valence-corrected chi connectivity index (χ0v) is 12.6. The second-order valence-electron chi connectivity index (χ2n) is 5.21. The summed E-state index contributed by atoms with van der Waals surface area (Å²) in [5.74, 6) is -0.274. The number of nitrogens with one attached hydrogen (secondary N) is 1. The first-order chi connectivity index (χ1) is 9.82. The van der Waals surface area contributed by atoms with Crippen LogP contribution in [0.25, 0.3) is 0 Å². The van der Waals surface area contributed by atoms with Gasteiger partial charge < -0.3 is 16.0 Å². The number of carbonyl (C=O) groups is 1. The van der Waals surface area contributed by atoms with Crippen molar-refractivity contribution in [3.8, 4) is 0 Å². The average molecular weight is 294 g/mol. The van der Waals surface area contributed by atoms with Gasteiger partial charge in [-0.25, -0.2) is 0 Å². The van der Waals surface area contributed by atoms with Crippen molar-refractivity contribution in [2.45, 2.75) is 26.3 Å². The Balaban J connectivity index is 2.49. The number of benzene rings is 1. The van der Waals surface area contributed by atoms with E-state index in [1.165, 1.54) is 18.2 Å². The van der Waals surface area contributed by atoms with Crippen molar-refractivity contribution in [2.75, 3.05) is 25.9 Å². The second kappa shape index (κ2) is 7.58. The van der Waals surface area contributed by atoms with E-state index in [4.69, 9.17) is 5.73 Å². The minimum absolute atomic E-state index is 0.00723. The number of hydrogen-bond donors (Lipinski definition) is 2. The molecule has 0 fully saturated rings. The first-order valence-electron chi connectivity index (χ1n) is 6.85. The number of nitro benzene ring substituents is 1. The lowest BCUT2D eigenvalue weighted by Gasteiger charge is -2.20. The molecule has 7 nitrogen and oxygen atoms in total. The summed E-state index contributed by atoms with van der Waals surface area (Å²) in [6.45, 7) is 5.66. The van der Waals surface area contributed by atoms with E-state index in [-0.39, 0.29) is 17.3 Å². The smallest absolute Gasteiger partial charge is 0.292 e. The minimum Gasteiger partial charge on any atom is -0.393 e. The van der Waals surface area contributed by atoms with Gasteiger partial charge in [-0.2, -0.15) is 0 Å². The highest BCUT2D eigenvalue weighted by molar-refractivity contribution is 5.95. The Morgan fingerprint density at radius 2 is 2.14 bits per heavy atom. The average Bonchev–Trinajstić information content (AvgIpc) is 2.42. The van der Waals surface area contributed by atoms with E-state index in [9.17, 15) is 14.9 Å². The third-order valence-electron chi connectivity index (χ3n) is 3.34. The molecule has 0 radical (unpaired) electrons. The summed E-state index contributed by atoms with van der Waals surface area (Å²) >= 11 is 0. The molecule has 1 rings (SSSR count). The SMILES string of the molecule is CC(C)N(C)CCCNC(=O)c1ccc([N+](=O)[O-])c(N)c1. The van der Waals surface area contributed by atoms with Gasteiger partial charge in [-0.05, 0) is 46.0 Å². The Morgan fingerprint density at radius 3 is 2.67 bits per heavy atom. The summed E-state index contributed by atoms with van der Waals surface area (Å²) in [7, 11) is 2.03. The molecule has 0 atom stereocenters. The standard InChI is InChI=1S/C14H22N4O3/c1-10(2)17(3)8-4-7-16-14(19)11-5-6-13(18(20)21)12(15)9-11/h5-6,9-10H,4,7-8,15H2,1-3H3,(H,16,19). The van der Waals surface area contributed by atoms with E-state index < -0.39 is 4.92 Å². The van der Waals surface area contributed by atoms with E-state index in [2.05, 4.69) is 24.1 Å². The minimum atomic E-state index is -0.571. The summed E-state index contributed by atoms with van der Waals surface area (Å²) in [5.41, 5.74) is 5.69. The number of nitrogens with two attached hydrogens (primary N) is 1. The van der Waals surface area contributed by atoms with Gasteiger partial charge in [-0.3, -0.25) is 14.9 Å². The van der Waals surface area contributed by atoms with Gasteiger partial charge in [0.2, 0.25) is 0 Å². The van der Waals surface area contributed by atoms with Crippen LogP contribution in [0.5, 0.6) is 0 Å². The third kappa shape index (κ3) is 5.03. The van der Waals surface area contributed by atoms with Gasteiger partial charge in [0.25, 0.3) is 11.6 Å². The number of nitrogen functional groups attached to an aromatic ring is 1. The fraction of sp³-hybridized carbons (Fsp3) is 0.500. The Hall–Kier alpha value is -2.15. The molecule has 0 aliphatic carbocycles. The van der Waals surface area contributed by atoms with Crippen molar-refractivity contribution in [3.05, 3.63) is 33.9 Å². The molecule has 0 unspecified atom stereocenters. The van der Waals surface area contributed by atoms with Gasteiger partial charge >= 0.3 is 0 Å². The zero-order valence-electron chi connectivity index (χ0n) is 12.6. The second-order valence-corrected chi connectivity index (χ2v) is 5.21. The lowest BCUT2D eigenvalue weighted by molar-refractivity contribution is -0.383. The number of carbonyl (C=O) groups excluding carboxylic acids is 1. The molecule has 0 spiro atoms. The molecule has 3 N–H and O–H groups in total. The van der Waals surface area contributed by atoms with Crippen molar-refractivity contribution in [1.82, 2.24) is 10.2 Å². The first kappa shape index (κ1) is 16.9. The van der Waals surface area contributed by atoms with Crippen molar-refractivity contribution in [2.24, 2.45) is 0 Å². The van der Waals surface area contributed by atoms with E-state index in [1.54, 1.807) is 0 Å². The number of nitro groups is 1. The van der Waals surface area contributed by atoms with E-state index in [1.807, 2.05) is 7.05 Å². The lowest BCUT2D eigenvalue weighted by Crippen LogP contribution is -2.31. The predicted molar refractivity (Wildman–Crippen MR) is 82.2 cm³/mol. The maximum atomic E-state index is 11.9. The molecular formula is C14H22N4O3. The van der Waals surface area contributed by atoms with Crippen LogP contribution in [0.2, 0.25) is 0 Å². The quantitative estimate of drug-likeness (QED) is 0.344. The molecule has 0 saturated carbocycles. The van der Waals surface area contributed by atoms with Crippen LogP contribution in [-0.4, -0.2) is 41.9 Å². The number of amides is 1. The molecule has 7 heteroatoms. The van der Waals surface area contributed by atoms with Gasteiger partial charge in [0.1, 0.15) is 5.69 Å². The Kier molecular flexibility index (Phi) is 6.10. The molecule has 0 saturated heterocycles. The van der Waals surface area contributed by atoms with Crippen molar-refractivity contribution in [3.63, 3.8) is 0 Å². The maximum absolute atomic E-state index is 11.9. The number of rotatable bonds is 7. The zero-order chi connectivity index (χ0) is 16.0. The molecular weight excluding hydrogens is 272 g/mol. The van der Waals surface area contributed by atoms with Crippen molar-refractivity contribution >= 4 is 17.3 Å². The highest BCUT2D eigenvalue weighted by atomic mass is 16.6. The van der Waals surface area contributed by atoms with Crippen LogP contribution in [0.1, 0.15) is 30.6 Å². The molecule has 1 aromatic carbocycles. The fourth-order valence-electron chi connectivity index (χ4n) is 1.75. The topological polar surface area (TPSA) is 102 Å². The van der Waals surface area contributed by atoms with Gasteiger partial charge in [-0.1, -0.05) is 0 Å². The van der Waals surface area contributed by atoms with Crippen LogP contribution < -0.4 is 11.1 Å². The molecule has 0 bridgehead atoms. The summed E-state index contributed by atoms with van der Waals surface area (Å²) in [6.07, 6.45) is 0.836. The first-order valence-corrected chi connectivity index (χ1v) is 6.85. The summed E-state index contributed by atoms with van der Waals surface area (Å²) in [5, 5.41) is 13.4. The number of nitrogens with zero attached hydrogens (tertiary/aromatic N) is 2. The van der Waals surface area contributed by atoms with Crippen LogP contribution in [0, 0.1) is 10.1 Å². The van der Waals surface area contributed by atoms with Gasteiger partial charge in [0.15, 0.2) is 0 Å². The van der Waals surface area contributed by atoms with E-state index in [0.717, 1.165) is 13.0 Å². The van der Waals surface area contributed by atoms with Crippen molar-refractivity contribution in [1.29, 1.82) is 0 Å².